The van der Waals surface area contributed by atoms with Crippen LogP contribution in [0, 0.1) is 6.92 Å². The third-order valence-electron chi connectivity index (χ3n) is 1.61. The maximum absolute atomic E-state index is 10.0. The molecule has 64 valence electrons. The van der Waals surface area contributed by atoms with Crippen LogP contribution in [0.1, 0.15) is 5.56 Å². The van der Waals surface area contributed by atoms with Gasteiger partial charge in [0.1, 0.15) is 0 Å². The third kappa shape index (κ3) is 2.17. The van der Waals surface area contributed by atoms with Crippen LogP contribution in [-0.2, 0) is 4.79 Å². The molecular formula is C9H6N2OS. The van der Waals surface area contributed by atoms with Gasteiger partial charge in [-0.15, -0.1) is 0 Å². The zero-order valence-corrected chi connectivity index (χ0v) is 7.76. The highest BCUT2D eigenvalue weighted by atomic mass is 32.1. The number of nitrogens with zero attached hydrogens (tertiary/aromatic N) is 2. The molecule has 0 aliphatic rings. The summed E-state index contributed by atoms with van der Waals surface area (Å²) in [6, 6.07) is 5.23. The van der Waals surface area contributed by atoms with Crippen LogP contribution in [0.5, 0.6) is 0 Å². The summed E-state index contributed by atoms with van der Waals surface area (Å²) in [7, 11) is 0. The van der Waals surface area contributed by atoms with Gasteiger partial charge in [0.25, 0.3) is 0 Å². The fourth-order valence-corrected chi connectivity index (χ4v) is 1.05. The van der Waals surface area contributed by atoms with E-state index in [1.54, 1.807) is 18.2 Å². The predicted molar refractivity (Wildman–Crippen MR) is 53.6 cm³/mol. The molecule has 0 unspecified atom stereocenters. The summed E-state index contributed by atoms with van der Waals surface area (Å²) in [5.41, 5.74) is 2.02. The molecule has 13 heavy (non-hydrogen) atoms. The van der Waals surface area contributed by atoms with Crippen LogP contribution in [0.4, 0.5) is 11.4 Å². The number of isothiocyanates is 1. The van der Waals surface area contributed by atoms with Crippen molar-refractivity contribution in [3.63, 3.8) is 0 Å². The molecule has 0 saturated carbocycles. The summed E-state index contributed by atoms with van der Waals surface area (Å²) >= 11 is 4.48. The van der Waals surface area contributed by atoms with Crippen molar-refractivity contribution in [3.05, 3.63) is 23.8 Å². The van der Waals surface area contributed by atoms with Gasteiger partial charge in [-0.3, -0.25) is 0 Å². The SMILES string of the molecule is Cc1c(N=C=O)cccc1N=C=S. The van der Waals surface area contributed by atoms with E-state index < -0.39 is 0 Å². The number of aliphatic imine (C=N–C) groups is 2. The second-order valence-electron chi connectivity index (χ2n) is 2.33. The lowest BCUT2D eigenvalue weighted by Gasteiger charge is -1.99. The number of hydrogen-bond acceptors (Lipinski definition) is 4. The summed E-state index contributed by atoms with van der Waals surface area (Å²) in [6.07, 6.45) is 1.48. The molecule has 1 rings (SSSR count). The molecule has 1 aromatic rings. The fourth-order valence-electron chi connectivity index (χ4n) is 0.952. The molecular weight excluding hydrogens is 184 g/mol. The Hall–Kier alpha value is -1.60. The van der Waals surface area contributed by atoms with Gasteiger partial charge < -0.3 is 0 Å². The van der Waals surface area contributed by atoms with E-state index in [1.807, 2.05) is 6.92 Å². The van der Waals surface area contributed by atoms with Crippen molar-refractivity contribution in [1.29, 1.82) is 0 Å². The molecule has 3 nitrogen and oxygen atoms in total. The lowest BCUT2D eigenvalue weighted by Crippen LogP contribution is -1.75. The van der Waals surface area contributed by atoms with Gasteiger partial charge in [-0.25, -0.2) is 4.79 Å². The van der Waals surface area contributed by atoms with Gasteiger partial charge in [-0.05, 0) is 31.3 Å². The number of carbonyl (C=O) groups excluding carboxylic acids is 1. The van der Waals surface area contributed by atoms with E-state index in [4.69, 9.17) is 0 Å². The van der Waals surface area contributed by atoms with Crippen LogP contribution in [0.3, 0.4) is 0 Å². The Morgan fingerprint density at radius 1 is 1.31 bits per heavy atom. The van der Waals surface area contributed by atoms with Crippen LogP contribution in [-0.4, -0.2) is 11.2 Å². The van der Waals surface area contributed by atoms with Gasteiger partial charge in [0.2, 0.25) is 6.08 Å². The second-order valence-corrected chi connectivity index (χ2v) is 2.51. The van der Waals surface area contributed by atoms with E-state index in [2.05, 4.69) is 27.4 Å². The van der Waals surface area contributed by atoms with Gasteiger partial charge >= 0.3 is 0 Å². The number of hydrogen-bond donors (Lipinski definition) is 0. The highest BCUT2D eigenvalue weighted by Gasteiger charge is 2.00. The lowest BCUT2D eigenvalue weighted by molar-refractivity contribution is 0.565. The number of rotatable bonds is 2. The summed E-state index contributed by atoms with van der Waals surface area (Å²) in [5, 5.41) is 2.26. The zero-order valence-electron chi connectivity index (χ0n) is 6.94. The first-order chi connectivity index (χ1) is 6.29. The Bertz CT molecular complexity index is 379. The van der Waals surface area contributed by atoms with E-state index in [9.17, 15) is 4.79 Å². The summed E-state index contributed by atoms with van der Waals surface area (Å²) in [6.45, 7) is 1.81. The minimum atomic E-state index is 0.557. The monoisotopic (exact) mass is 190 g/mol. The molecule has 0 N–H and O–H groups in total. The maximum atomic E-state index is 10.0. The van der Waals surface area contributed by atoms with Gasteiger partial charge in [-0.2, -0.15) is 9.98 Å². The number of isocyanates is 1. The largest absolute Gasteiger partial charge is 0.240 e. The van der Waals surface area contributed by atoms with Crippen molar-refractivity contribution in [2.45, 2.75) is 6.92 Å². The van der Waals surface area contributed by atoms with Crippen LogP contribution in [0.15, 0.2) is 28.2 Å². The quantitative estimate of drug-likeness (QED) is 0.408. The first-order valence-corrected chi connectivity index (χ1v) is 3.95. The van der Waals surface area contributed by atoms with E-state index in [-0.39, 0.29) is 0 Å². The van der Waals surface area contributed by atoms with Crippen molar-refractivity contribution in [2.24, 2.45) is 9.98 Å². The molecule has 0 aliphatic heterocycles. The summed E-state index contributed by atoms with van der Waals surface area (Å²) in [4.78, 5) is 17.4. The Balaban J connectivity index is 3.33. The highest BCUT2D eigenvalue weighted by molar-refractivity contribution is 7.78. The molecule has 0 atom stereocenters. The minimum absolute atomic E-state index is 0.557. The Labute approximate surface area is 80.8 Å². The van der Waals surface area contributed by atoms with Crippen LogP contribution in [0.25, 0.3) is 0 Å². The van der Waals surface area contributed by atoms with Gasteiger partial charge in [0.15, 0.2) is 0 Å². The molecule has 0 radical (unpaired) electrons. The van der Waals surface area contributed by atoms with Gasteiger partial charge in [-0.1, -0.05) is 6.07 Å². The molecule has 0 amide bonds. The van der Waals surface area contributed by atoms with Crippen LogP contribution < -0.4 is 0 Å². The summed E-state index contributed by atoms with van der Waals surface area (Å²) < 4.78 is 0. The first kappa shape index (κ1) is 9.49. The minimum Gasteiger partial charge on any atom is -0.211 e. The fraction of sp³-hybridized carbons (Fsp3) is 0.111. The van der Waals surface area contributed by atoms with Crippen molar-refractivity contribution in [3.8, 4) is 0 Å². The maximum Gasteiger partial charge on any atom is 0.240 e. The van der Waals surface area contributed by atoms with E-state index in [0.29, 0.717) is 11.4 Å². The topological polar surface area (TPSA) is 41.8 Å². The van der Waals surface area contributed by atoms with Crippen molar-refractivity contribution in [1.82, 2.24) is 0 Å². The lowest BCUT2D eigenvalue weighted by atomic mass is 10.1. The highest BCUT2D eigenvalue weighted by Crippen LogP contribution is 2.26. The second kappa shape index (κ2) is 4.43. The Kier molecular flexibility index (Phi) is 3.23. The predicted octanol–water partition coefficient (Wildman–Crippen LogP) is 2.70. The van der Waals surface area contributed by atoms with Crippen LogP contribution in [0.2, 0.25) is 0 Å². The normalized spacial score (nSPS) is 8.38. The summed E-state index contributed by atoms with van der Waals surface area (Å²) in [5.74, 6) is 0. The number of thiocarbonyl (C=S) groups is 1. The molecule has 0 spiro atoms. The molecule has 1 aromatic carbocycles. The molecule has 0 saturated heterocycles. The number of benzene rings is 1. The Morgan fingerprint density at radius 3 is 2.46 bits per heavy atom. The molecule has 0 aromatic heterocycles. The standard InChI is InChI=1S/C9H6N2OS/c1-7-8(10-5-12)3-2-4-9(7)11-6-13/h2-4H,1H3. The van der Waals surface area contributed by atoms with Crippen molar-refractivity contribution < 1.29 is 4.79 Å². The molecule has 0 bridgehead atoms. The van der Waals surface area contributed by atoms with Crippen LogP contribution >= 0.6 is 12.2 Å². The smallest absolute Gasteiger partial charge is 0.211 e. The molecule has 0 heterocycles. The molecule has 4 heteroatoms. The third-order valence-corrected chi connectivity index (χ3v) is 1.70. The molecule has 0 aliphatic carbocycles. The van der Waals surface area contributed by atoms with E-state index in [0.717, 1.165) is 5.56 Å². The average molecular weight is 190 g/mol. The first-order valence-electron chi connectivity index (χ1n) is 3.55. The van der Waals surface area contributed by atoms with Crippen molar-refractivity contribution >= 4 is 34.8 Å². The zero-order chi connectivity index (χ0) is 9.68. The van der Waals surface area contributed by atoms with Crippen molar-refractivity contribution in [2.75, 3.05) is 0 Å². The van der Waals surface area contributed by atoms with Gasteiger partial charge in [0, 0.05) is 5.56 Å². The molecule has 0 fully saturated rings. The van der Waals surface area contributed by atoms with Gasteiger partial charge in [0.05, 0.1) is 16.5 Å². The van der Waals surface area contributed by atoms with E-state index >= 15 is 0 Å². The average Bonchev–Trinajstić information content (AvgIpc) is 2.13. The Morgan fingerprint density at radius 2 is 1.92 bits per heavy atom. The van der Waals surface area contributed by atoms with E-state index in [1.165, 1.54) is 6.08 Å².